The molecule has 0 N–H and O–H groups in total. The summed E-state index contributed by atoms with van der Waals surface area (Å²) in [7, 11) is 0. The predicted molar refractivity (Wildman–Crippen MR) is 122 cm³/mol. The summed E-state index contributed by atoms with van der Waals surface area (Å²) in [6.07, 6.45) is 3.47. The van der Waals surface area contributed by atoms with Gasteiger partial charge in [0.05, 0.1) is 17.7 Å². The molecule has 1 amide bonds. The second kappa shape index (κ2) is 9.53. The molecule has 0 spiro atoms. The average molecular weight is 456 g/mol. The first-order valence-electron chi connectivity index (χ1n) is 9.70. The highest BCUT2D eigenvalue weighted by atomic mass is 32.2. The number of rotatable bonds is 7. The van der Waals surface area contributed by atoms with Gasteiger partial charge in [-0.3, -0.25) is 14.7 Å². The van der Waals surface area contributed by atoms with Crippen molar-refractivity contribution in [1.82, 2.24) is 9.97 Å². The molecule has 8 heteroatoms. The van der Waals surface area contributed by atoms with Gasteiger partial charge < -0.3 is 0 Å². The van der Waals surface area contributed by atoms with Crippen molar-refractivity contribution in [2.75, 3.05) is 10.7 Å². The van der Waals surface area contributed by atoms with Crippen LogP contribution in [0.25, 0.3) is 10.2 Å². The van der Waals surface area contributed by atoms with Gasteiger partial charge >= 0.3 is 0 Å². The van der Waals surface area contributed by atoms with Crippen LogP contribution in [0.15, 0.2) is 65.8 Å². The number of thioether (sulfide) groups is 1. The number of thiazole rings is 1. The molecule has 0 aliphatic rings. The second-order valence-corrected chi connectivity index (χ2v) is 9.17. The number of anilines is 1. The lowest BCUT2D eigenvalue weighted by Crippen LogP contribution is -2.31. The summed E-state index contributed by atoms with van der Waals surface area (Å²) in [4.78, 5) is 24.3. The molecule has 4 nitrogen and oxygen atoms in total. The molecule has 4 rings (SSSR count). The van der Waals surface area contributed by atoms with Crippen LogP contribution in [0.3, 0.4) is 0 Å². The minimum absolute atomic E-state index is 0.0647. The number of halogens is 2. The minimum Gasteiger partial charge on any atom is -0.283 e. The van der Waals surface area contributed by atoms with E-state index < -0.39 is 11.6 Å². The van der Waals surface area contributed by atoms with E-state index in [1.165, 1.54) is 11.0 Å². The molecular formula is C23H19F2N3OS2. The van der Waals surface area contributed by atoms with Crippen LogP contribution >= 0.6 is 23.1 Å². The fourth-order valence-corrected chi connectivity index (χ4v) is 4.82. The smallest absolute Gasteiger partial charge is 0.233 e. The molecule has 0 atom stereocenters. The fourth-order valence-electron chi connectivity index (χ4n) is 3.13. The number of nitrogens with zero attached hydrogens (tertiary/aromatic N) is 3. The summed E-state index contributed by atoms with van der Waals surface area (Å²) in [6, 6.07) is 13.5. The summed E-state index contributed by atoms with van der Waals surface area (Å²) in [5.41, 5.74) is 1.81. The van der Waals surface area contributed by atoms with Crippen molar-refractivity contribution in [3.63, 3.8) is 0 Å². The monoisotopic (exact) mass is 455 g/mol. The highest BCUT2D eigenvalue weighted by molar-refractivity contribution is 7.99. The minimum atomic E-state index is -0.738. The largest absolute Gasteiger partial charge is 0.283 e. The van der Waals surface area contributed by atoms with Gasteiger partial charge in [-0.05, 0) is 47.2 Å². The van der Waals surface area contributed by atoms with Crippen molar-refractivity contribution >= 4 is 44.4 Å². The van der Waals surface area contributed by atoms with Gasteiger partial charge in [0.1, 0.15) is 11.3 Å². The number of pyridine rings is 1. The summed E-state index contributed by atoms with van der Waals surface area (Å²) in [5, 5.41) is 0.333. The Morgan fingerprint density at radius 1 is 1.06 bits per heavy atom. The molecule has 0 aliphatic carbocycles. The van der Waals surface area contributed by atoms with Gasteiger partial charge in [-0.15, -0.1) is 11.8 Å². The third-order valence-electron chi connectivity index (χ3n) is 4.61. The van der Waals surface area contributed by atoms with Crippen LogP contribution in [0.2, 0.25) is 0 Å². The molecular weight excluding hydrogens is 436 g/mol. The molecule has 0 radical (unpaired) electrons. The zero-order valence-electron chi connectivity index (χ0n) is 16.7. The molecule has 0 bridgehead atoms. The lowest BCUT2D eigenvalue weighted by Gasteiger charge is -2.20. The molecule has 2 heterocycles. The molecule has 2 aromatic carbocycles. The summed E-state index contributed by atoms with van der Waals surface area (Å²) in [5.74, 6) is -0.602. The van der Waals surface area contributed by atoms with Crippen molar-refractivity contribution < 1.29 is 13.6 Å². The summed E-state index contributed by atoms with van der Waals surface area (Å²) in [6.45, 7) is 2.35. The highest BCUT2D eigenvalue weighted by Gasteiger charge is 2.22. The molecule has 4 aromatic rings. The van der Waals surface area contributed by atoms with Gasteiger partial charge in [0, 0.05) is 23.4 Å². The van der Waals surface area contributed by atoms with Crippen LogP contribution in [0, 0.1) is 11.6 Å². The Morgan fingerprint density at radius 3 is 2.52 bits per heavy atom. The predicted octanol–water partition coefficient (Wildman–Crippen LogP) is 5.86. The number of hydrogen-bond acceptors (Lipinski definition) is 5. The van der Waals surface area contributed by atoms with Crippen LogP contribution in [0.5, 0.6) is 0 Å². The topological polar surface area (TPSA) is 46.1 Å². The SMILES string of the molecule is CCSc1ccc(CC(=O)N(Cc2ccncc2)c2nc3c(F)cc(F)cc3s2)cc1. The van der Waals surface area contributed by atoms with Gasteiger partial charge in [-0.1, -0.05) is 30.4 Å². The number of benzene rings is 2. The first-order chi connectivity index (χ1) is 15.0. The molecule has 0 saturated heterocycles. The van der Waals surface area contributed by atoms with Crippen LogP contribution < -0.4 is 4.90 Å². The van der Waals surface area contributed by atoms with Crippen molar-refractivity contribution in [1.29, 1.82) is 0 Å². The maximum absolute atomic E-state index is 14.2. The first-order valence-corrected chi connectivity index (χ1v) is 11.5. The molecule has 0 saturated carbocycles. The highest BCUT2D eigenvalue weighted by Crippen LogP contribution is 2.32. The molecule has 158 valence electrons. The molecule has 2 aromatic heterocycles. The summed E-state index contributed by atoms with van der Waals surface area (Å²) < 4.78 is 28.2. The molecule has 0 fully saturated rings. The van der Waals surface area contributed by atoms with Crippen LogP contribution in [-0.4, -0.2) is 21.6 Å². The standard InChI is InChI=1S/C23H19F2N3OS2/c1-2-30-18-5-3-15(4-6-18)11-21(29)28(14-16-7-9-26-10-8-16)23-27-22-19(25)12-17(24)13-20(22)31-23/h3-10,12-13H,2,11,14H2,1H3. The van der Waals surface area contributed by atoms with Gasteiger partial charge in [-0.2, -0.15) is 0 Å². The Morgan fingerprint density at radius 2 is 1.81 bits per heavy atom. The van der Waals surface area contributed by atoms with E-state index in [1.54, 1.807) is 24.2 Å². The quantitative estimate of drug-likeness (QED) is 0.328. The normalized spacial score (nSPS) is 11.1. The van der Waals surface area contributed by atoms with Crippen LogP contribution in [-0.2, 0) is 17.8 Å². The zero-order chi connectivity index (χ0) is 21.8. The Bertz CT molecular complexity index is 1200. The molecule has 0 aliphatic heterocycles. The van der Waals surface area contributed by atoms with Gasteiger partial charge in [0.15, 0.2) is 10.9 Å². The van der Waals surface area contributed by atoms with E-state index in [0.717, 1.165) is 39.2 Å². The van der Waals surface area contributed by atoms with E-state index in [2.05, 4.69) is 16.9 Å². The Hall–Kier alpha value is -2.84. The Labute approximate surface area is 187 Å². The van der Waals surface area contributed by atoms with Gasteiger partial charge in [0.2, 0.25) is 5.91 Å². The summed E-state index contributed by atoms with van der Waals surface area (Å²) >= 11 is 2.83. The number of carbonyl (C=O) groups excluding carboxylic acids is 1. The lowest BCUT2D eigenvalue weighted by atomic mass is 10.1. The maximum atomic E-state index is 14.2. The maximum Gasteiger partial charge on any atom is 0.233 e. The van der Waals surface area contributed by atoms with E-state index >= 15 is 0 Å². The van der Waals surface area contributed by atoms with E-state index in [9.17, 15) is 13.6 Å². The average Bonchev–Trinajstić information content (AvgIpc) is 3.18. The number of hydrogen-bond donors (Lipinski definition) is 0. The number of amides is 1. The van der Waals surface area contributed by atoms with Crippen molar-refractivity contribution in [3.8, 4) is 0 Å². The van der Waals surface area contributed by atoms with Gasteiger partial charge in [0.25, 0.3) is 0 Å². The third kappa shape index (κ3) is 5.08. The van der Waals surface area contributed by atoms with Crippen LogP contribution in [0.1, 0.15) is 18.1 Å². The number of aromatic nitrogens is 2. The van der Waals surface area contributed by atoms with Gasteiger partial charge in [-0.25, -0.2) is 13.8 Å². The van der Waals surface area contributed by atoms with Crippen molar-refractivity contribution in [3.05, 3.63) is 83.7 Å². The van der Waals surface area contributed by atoms with Crippen molar-refractivity contribution in [2.24, 2.45) is 0 Å². The fraction of sp³-hybridized carbons (Fsp3) is 0.174. The lowest BCUT2D eigenvalue weighted by molar-refractivity contribution is -0.118. The van der Waals surface area contributed by atoms with Crippen molar-refractivity contribution in [2.45, 2.75) is 24.8 Å². The van der Waals surface area contributed by atoms with E-state index in [4.69, 9.17) is 0 Å². The molecule has 0 unspecified atom stereocenters. The number of carbonyl (C=O) groups is 1. The number of fused-ring (bicyclic) bond motifs is 1. The van der Waals surface area contributed by atoms with E-state index in [0.29, 0.717) is 9.83 Å². The Kier molecular flexibility index (Phi) is 6.58. The second-order valence-electron chi connectivity index (χ2n) is 6.82. The van der Waals surface area contributed by atoms with E-state index in [1.807, 2.05) is 36.4 Å². The zero-order valence-corrected chi connectivity index (χ0v) is 18.4. The third-order valence-corrected chi connectivity index (χ3v) is 6.53. The van der Waals surface area contributed by atoms with Crippen LogP contribution in [0.4, 0.5) is 13.9 Å². The molecule has 31 heavy (non-hydrogen) atoms. The Balaban J connectivity index is 1.65. The van der Waals surface area contributed by atoms with E-state index in [-0.39, 0.29) is 24.4 Å². The first kappa shape index (κ1) is 21.4.